The first kappa shape index (κ1) is 12.9. The summed E-state index contributed by atoms with van der Waals surface area (Å²) in [5, 5.41) is 0. The molecule has 1 aromatic heterocycles. The summed E-state index contributed by atoms with van der Waals surface area (Å²) in [4.78, 5) is 12.9. The molecule has 0 N–H and O–H groups in total. The number of halogens is 3. The summed E-state index contributed by atoms with van der Waals surface area (Å²) in [5.74, 6) is -0.491. The van der Waals surface area contributed by atoms with E-state index < -0.39 is 5.82 Å². The van der Waals surface area contributed by atoms with Crippen molar-refractivity contribution in [2.45, 2.75) is 6.42 Å². The highest BCUT2D eigenvalue weighted by Gasteiger charge is 2.10. The van der Waals surface area contributed by atoms with Crippen LogP contribution in [-0.2, 0) is 6.42 Å². The smallest absolute Gasteiger partial charge is 0.168 e. The highest BCUT2D eigenvalue weighted by molar-refractivity contribution is 9.11. The number of thiophene rings is 1. The van der Waals surface area contributed by atoms with Crippen LogP contribution in [0.15, 0.2) is 38.6 Å². The topological polar surface area (TPSA) is 17.1 Å². The molecule has 0 aliphatic rings. The highest BCUT2D eigenvalue weighted by atomic mass is 79.9. The lowest BCUT2D eigenvalue weighted by Gasteiger charge is -2.01. The van der Waals surface area contributed by atoms with E-state index in [1.807, 2.05) is 12.1 Å². The van der Waals surface area contributed by atoms with E-state index in [0.717, 1.165) is 8.66 Å². The summed E-state index contributed by atoms with van der Waals surface area (Å²) in [7, 11) is 0. The molecule has 0 atom stereocenters. The summed E-state index contributed by atoms with van der Waals surface area (Å²) < 4.78 is 14.7. The van der Waals surface area contributed by atoms with Crippen LogP contribution >= 0.6 is 43.2 Å². The Morgan fingerprint density at radius 1 is 1.24 bits per heavy atom. The summed E-state index contributed by atoms with van der Waals surface area (Å²) >= 11 is 8.02. The van der Waals surface area contributed by atoms with Gasteiger partial charge in [0.1, 0.15) is 5.82 Å². The maximum absolute atomic E-state index is 13.1. The summed E-state index contributed by atoms with van der Waals surface area (Å²) in [6.45, 7) is 0. The number of carbonyl (C=O) groups is 1. The average Bonchev–Trinajstić information content (AvgIpc) is 2.62. The van der Waals surface area contributed by atoms with Crippen LogP contribution in [0.25, 0.3) is 0 Å². The van der Waals surface area contributed by atoms with E-state index >= 15 is 0 Å². The molecule has 88 valence electrons. The fraction of sp³-hybridized carbons (Fsp3) is 0.0833. The SMILES string of the molecule is O=C(Cc1ccc(Br)s1)c1cc(F)cc(Br)c1. The van der Waals surface area contributed by atoms with Crippen molar-refractivity contribution >= 4 is 49.0 Å². The molecule has 0 bridgehead atoms. The summed E-state index contributed by atoms with van der Waals surface area (Å²) in [6, 6.07) is 8.01. The van der Waals surface area contributed by atoms with Gasteiger partial charge >= 0.3 is 0 Å². The van der Waals surface area contributed by atoms with E-state index in [1.54, 1.807) is 6.07 Å². The molecule has 1 heterocycles. The fourth-order valence-electron chi connectivity index (χ4n) is 1.42. The van der Waals surface area contributed by atoms with Crippen LogP contribution in [0.5, 0.6) is 0 Å². The van der Waals surface area contributed by atoms with Gasteiger partial charge in [-0.2, -0.15) is 0 Å². The van der Waals surface area contributed by atoms with E-state index in [0.29, 0.717) is 16.5 Å². The third-order valence-corrected chi connectivity index (χ3v) is 4.23. The lowest BCUT2D eigenvalue weighted by molar-refractivity contribution is 0.0993. The molecule has 1 aromatic carbocycles. The van der Waals surface area contributed by atoms with Gasteiger partial charge in [0.15, 0.2) is 5.78 Å². The predicted molar refractivity (Wildman–Crippen MR) is 74.2 cm³/mol. The Labute approximate surface area is 119 Å². The largest absolute Gasteiger partial charge is 0.294 e. The quantitative estimate of drug-likeness (QED) is 0.699. The number of ketones is 1. The minimum Gasteiger partial charge on any atom is -0.294 e. The van der Waals surface area contributed by atoms with E-state index in [2.05, 4.69) is 31.9 Å². The van der Waals surface area contributed by atoms with Crippen LogP contribution < -0.4 is 0 Å². The van der Waals surface area contributed by atoms with Crippen LogP contribution in [-0.4, -0.2) is 5.78 Å². The van der Waals surface area contributed by atoms with Crippen LogP contribution in [0.1, 0.15) is 15.2 Å². The van der Waals surface area contributed by atoms with E-state index in [4.69, 9.17) is 0 Å². The van der Waals surface area contributed by atoms with Crippen LogP contribution in [0.3, 0.4) is 0 Å². The number of rotatable bonds is 3. The maximum Gasteiger partial charge on any atom is 0.168 e. The van der Waals surface area contributed by atoms with Crippen molar-refractivity contribution in [2.75, 3.05) is 0 Å². The molecule has 2 aromatic rings. The normalized spacial score (nSPS) is 10.5. The van der Waals surface area contributed by atoms with Crippen molar-refractivity contribution in [1.29, 1.82) is 0 Å². The standard InChI is InChI=1S/C12H7Br2FOS/c13-8-3-7(4-9(15)5-8)11(16)6-10-1-2-12(14)17-10/h1-5H,6H2. The number of hydrogen-bond donors (Lipinski definition) is 0. The van der Waals surface area contributed by atoms with Gasteiger partial charge in [-0.15, -0.1) is 11.3 Å². The molecule has 0 saturated heterocycles. The fourth-order valence-corrected chi connectivity index (χ4v) is 3.37. The van der Waals surface area contributed by atoms with E-state index in [9.17, 15) is 9.18 Å². The van der Waals surface area contributed by atoms with Crippen LogP contribution in [0, 0.1) is 5.82 Å². The van der Waals surface area contributed by atoms with Gasteiger partial charge in [-0.05, 0) is 46.3 Å². The Kier molecular flexibility index (Phi) is 4.12. The second kappa shape index (κ2) is 5.42. The van der Waals surface area contributed by atoms with Gasteiger partial charge in [-0.25, -0.2) is 4.39 Å². The molecule has 2 rings (SSSR count). The van der Waals surface area contributed by atoms with Crippen molar-refractivity contribution in [3.8, 4) is 0 Å². The Morgan fingerprint density at radius 3 is 2.59 bits per heavy atom. The molecule has 0 radical (unpaired) electrons. The molecule has 5 heteroatoms. The predicted octanol–water partition coefficient (Wildman–Crippen LogP) is 4.84. The van der Waals surface area contributed by atoms with Crippen molar-refractivity contribution < 1.29 is 9.18 Å². The second-order valence-electron chi connectivity index (χ2n) is 3.46. The molecule has 0 unspecified atom stereocenters. The number of Topliss-reactive ketones (excluding diaryl/α,β-unsaturated/α-hetero) is 1. The van der Waals surface area contributed by atoms with E-state index in [1.165, 1.54) is 23.5 Å². The van der Waals surface area contributed by atoms with Crippen molar-refractivity contribution in [3.05, 3.63) is 54.8 Å². The van der Waals surface area contributed by atoms with Crippen molar-refractivity contribution in [2.24, 2.45) is 0 Å². The monoisotopic (exact) mass is 376 g/mol. The van der Waals surface area contributed by atoms with Gasteiger partial charge in [0, 0.05) is 21.3 Å². The Morgan fingerprint density at radius 2 is 2.00 bits per heavy atom. The Bertz CT molecular complexity index is 545. The number of carbonyl (C=O) groups excluding carboxylic acids is 1. The summed E-state index contributed by atoms with van der Waals surface area (Å²) in [6.07, 6.45) is 0.298. The maximum atomic E-state index is 13.1. The second-order valence-corrected chi connectivity index (χ2v) is 6.93. The molecular formula is C12H7Br2FOS. The molecule has 0 amide bonds. The zero-order valence-electron chi connectivity index (χ0n) is 8.54. The van der Waals surface area contributed by atoms with Crippen molar-refractivity contribution in [1.82, 2.24) is 0 Å². The molecule has 0 saturated carbocycles. The molecule has 0 aliphatic heterocycles. The molecule has 0 spiro atoms. The average molecular weight is 378 g/mol. The first-order chi connectivity index (χ1) is 8.04. The molecule has 17 heavy (non-hydrogen) atoms. The van der Waals surface area contributed by atoms with Crippen molar-refractivity contribution in [3.63, 3.8) is 0 Å². The first-order valence-electron chi connectivity index (χ1n) is 4.78. The number of benzene rings is 1. The molecule has 0 fully saturated rings. The molecule has 0 aliphatic carbocycles. The third-order valence-electron chi connectivity index (χ3n) is 2.15. The van der Waals surface area contributed by atoms with Gasteiger partial charge in [-0.1, -0.05) is 15.9 Å². The first-order valence-corrected chi connectivity index (χ1v) is 7.18. The zero-order chi connectivity index (χ0) is 12.4. The van der Waals surface area contributed by atoms with Gasteiger partial charge < -0.3 is 0 Å². The molecule has 1 nitrogen and oxygen atoms in total. The minimum absolute atomic E-state index is 0.0837. The van der Waals surface area contributed by atoms with Gasteiger partial charge in [0.05, 0.1) is 3.79 Å². The van der Waals surface area contributed by atoms with Gasteiger partial charge in [0.25, 0.3) is 0 Å². The van der Waals surface area contributed by atoms with E-state index in [-0.39, 0.29) is 5.78 Å². The van der Waals surface area contributed by atoms with Crippen LogP contribution in [0.2, 0.25) is 0 Å². The lowest BCUT2D eigenvalue weighted by atomic mass is 10.1. The Balaban J connectivity index is 2.19. The lowest BCUT2D eigenvalue weighted by Crippen LogP contribution is -2.02. The molecular weight excluding hydrogens is 371 g/mol. The Hall–Kier alpha value is -0.520. The minimum atomic E-state index is -0.407. The van der Waals surface area contributed by atoms with Gasteiger partial charge in [-0.3, -0.25) is 4.79 Å². The summed E-state index contributed by atoms with van der Waals surface area (Å²) in [5.41, 5.74) is 0.390. The highest BCUT2D eigenvalue weighted by Crippen LogP contribution is 2.24. The number of hydrogen-bond acceptors (Lipinski definition) is 2. The van der Waals surface area contributed by atoms with Crippen LogP contribution in [0.4, 0.5) is 4.39 Å². The van der Waals surface area contributed by atoms with Gasteiger partial charge in [0.2, 0.25) is 0 Å². The third kappa shape index (κ3) is 3.47. The zero-order valence-corrected chi connectivity index (χ0v) is 12.5.